The molecule has 0 bridgehead atoms. The van der Waals surface area contributed by atoms with Crippen LogP contribution >= 0.6 is 11.3 Å². The van der Waals surface area contributed by atoms with Gasteiger partial charge >= 0.3 is 0 Å². The van der Waals surface area contributed by atoms with Crippen LogP contribution in [0.5, 0.6) is 0 Å². The maximum atomic E-state index is 12.2. The van der Waals surface area contributed by atoms with Crippen LogP contribution in [0.1, 0.15) is 37.8 Å². The molecule has 2 heterocycles. The Labute approximate surface area is 120 Å². The molecule has 5 heteroatoms. The summed E-state index contributed by atoms with van der Waals surface area (Å²) in [6.07, 6.45) is 0.655. The first-order chi connectivity index (χ1) is 9.56. The second-order valence-corrected chi connectivity index (χ2v) is 5.61. The Morgan fingerprint density at radius 3 is 2.55 bits per heavy atom. The summed E-state index contributed by atoms with van der Waals surface area (Å²) in [5.41, 5.74) is 0. The number of ketones is 2. The monoisotopic (exact) mass is 287 g/mol. The summed E-state index contributed by atoms with van der Waals surface area (Å²) in [5, 5.41) is 9.13. The van der Waals surface area contributed by atoms with E-state index in [1.165, 1.54) is 17.4 Å². The van der Waals surface area contributed by atoms with Crippen molar-refractivity contribution in [2.24, 2.45) is 5.92 Å². The summed E-state index contributed by atoms with van der Waals surface area (Å²) in [6.45, 7) is 3.76. The molecule has 102 valence electrons. The van der Waals surface area contributed by atoms with Crippen LogP contribution in [0.25, 0.3) is 0 Å². The molecule has 0 aliphatic heterocycles. The maximum absolute atomic E-state index is 12.2. The Balaban J connectivity index is 2.26. The van der Waals surface area contributed by atoms with Crippen molar-refractivity contribution in [1.29, 1.82) is 5.26 Å². The Kier molecular flexibility index (Phi) is 4.16. The van der Waals surface area contributed by atoms with E-state index < -0.39 is 17.5 Å². The van der Waals surface area contributed by atoms with E-state index in [2.05, 4.69) is 0 Å². The van der Waals surface area contributed by atoms with Crippen LogP contribution in [0, 0.1) is 24.2 Å². The number of nitrogens with zero attached hydrogens (tertiary/aromatic N) is 1. The second kappa shape index (κ2) is 5.85. The molecule has 0 saturated heterocycles. The highest BCUT2D eigenvalue weighted by molar-refractivity contribution is 7.14. The van der Waals surface area contributed by atoms with E-state index in [-0.39, 0.29) is 5.76 Å². The van der Waals surface area contributed by atoms with Gasteiger partial charge in [0.2, 0.25) is 5.78 Å². The number of nitriles is 1. The van der Waals surface area contributed by atoms with Crippen LogP contribution in [-0.2, 0) is 6.42 Å². The number of thiophene rings is 1. The van der Waals surface area contributed by atoms with E-state index in [1.54, 1.807) is 24.3 Å². The highest BCUT2D eigenvalue weighted by Gasteiger charge is 2.31. The summed E-state index contributed by atoms with van der Waals surface area (Å²) in [4.78, 5) is 25.8. The largest absolute Gasteiger partial charge is 0.458 e. The summed E-state index contributed by atoms with van der Waals surface area (Å²) < 4.78 is 5.32. The SMILES string of the molecule is CCc1ccc(C(=O)[C@@H](C#N)C(=O)c2ccc(C)s2)o1. The Bertz CT molecular complexity index is 690. The molecule has 0 amide bonds. The third-order valence-corrected chi connectivity index (χ3v) is 3.90. The zero-order valence-electron chi connectivity index (χ0n) is 11.2. The van der Waals surface area contributed by atoms with Gasteiger partial charge in [-0.1, -0.05) is 6.92 Å². The highest BCUT2D eigenvalue weighted by Crippen LogP contribution is 2.22. The minimum atomic E-state index is -1.34. The van der Waals surface area contributed by atoms with E-state index in [0.717, 1.165) is 4.88 Å². The lowest BCUT2D eigenvalue weighted by Crippen LogP contribution is -2.22. The number of carbonyl (C=O) groups is 2. The summed E-state index contributed by atoms with van der Waals surface area (Å²) in [7, 11) is 0. The molecule has 2 aromatic rings. The zero-order valence-corrected chi connectivity index (χ0v) is 12.0. The molecule has 2 aromatic heterocycles. The van der Waals surface area contributed by atoms with E-state index >= 15 is 0 Å². The van der Waals surface area contributed by atoms with Crippen molar-refractivity contribution in [3.63, 3.8) is 0 Å². The minimum Gasteiger partial charge on any atom is -0.458 e. The van der Waals surface area contributed by atoms with Crippen LogP contribution < -0.4 is 0 Å². The molecule has 1 atom stereocenters. The van der Waals surface area contributed by atoms with Crippen molar-refractivity contribution in [2.75, 3.05) is 0 Å². The van der Waals surface area contributed by atoms with Crippen LogP contribution in [0.4, 0.5) is 0 Å². The molecule has 0 saturated carbocycles. The van der Waals surface area contributed by atoms with E-state index in [4.69, 9.17) is 9.68 Å². The van der Waals surface area contributed by atoms with Crippen molar-refractivity contribution in [3.8, 4) is 6.07 Å². The highest BCUT2D eigenvalue weighted by atomic mass is 32.1. The molecule has 0 aliphatic rings. The predicted molar refractivity (Wildman–Crippen MR) is 74.9 cm³/mol. The third kappa shape index (κ3) is 2.70. The van der Waals surface area contributed by atoms with Gasteiger partial charge in [-0.3, -0.25) is 9.59 Å². The number of rotatable bonds is 5. The summed E-state index contributed by atoms with van der Waals surface area (Å²) in [6, 6.07) is 8.41. The molecule has 0 radical (unpaired) electrons. The number of aryl methyl sites for hydroxylation is 2. The lowest BCUT2D eigenvalue weighted by Gasteiger charge is -2.03. The van der Waals surface area contributed by atoms with E-state index in [9.17, 15) is 9.59 Å². The predicted octanol–water partition coefficient (Wildman–Crippen LogP) is 3.42. The molecular weight excluding hydrogens is 274 g/mol. The fourth-order valence-electron chi connectivity index (χ4n) is 1.79. The van der Waals surface area contributed by atoms with Gasteiger partial charge in [-0.2, -0.15) is 5.26 Å². The van der Waals surface area contributed by atoms with Gasteiger partial charge in [0, 0.05) is 11.3 Å². The average Bonchev–Trinajstić information content (AvgIpc) is 3.07. The van der Waals surface area contributed by atoms with Gasteiger partial charge in [-0.25, -0.2) is 0 Å². The second-order valence-electron chi connectivity index (χ2n) is 4.32. The smallest absolute Gasteiger partial charge is 0.223 e. The van der Waals surface area contributed by atoms with Crippen LogP contribution in [0.3, 0.4) is 0 Å². The van der Waals surface area contributed by atoms with Gasteiger partial charge < -0.3 is 4.42 Å². The van der Waals surface area contributed by atoms with Gasteiger partial charge in [0.05, 0.1) is 10.9 Å². The molecule has 0 aliphatic carbocycles. The molecule has 0 spiro atoms. The summed E-state index contributed by atoms with van der Waals surface area (Å²) in [5.74, 6) is -1.67. The van der Waals surface area contributed by atoms with Crippen LogP contribution in [-0.4, -0.2) is 11.6 Å². The Morgan fingerprint density at radius 1 is 1.30 bits per heavy atom. The van der Waals surface area contributed by atoms with Crippen molar-refractivity contribution in [1.82, 2.24) is 0 Å². The quantitative estimate of drug-likeness (QED) is 0.624. The van der Waals surface area contributed by atoms with Crippen LogP contribution in [0.15, 0.2) is 28.7 Å². The fraction of sp³-hybridized carbons (Fsp3) is 0.267. The van der Waals surface area contributed by atoms with Crippen LogP contribution in [0.2, 0.25) is 0 Å². The standard InChI is InChI=1S/C15H13NO3S/c1-3-10-5-6-12(19-10)14(17)11(8-16)15(18)13-7-4-9(2)20-13/h4-7,11H,3H2,1-2H3/t11-/m1/s1. The van der Waals surface area contributed by atoms with Gasteiger partial charge in [-0.05, 0) is 31.2 Å². The molecular formula is C15H13NO3S. The average molecular weight is 287 g/mol. The normalized spacial score (nSPS) is 11.8. The molecule has 0 unspecified atom stereocenters. The maximum Gasteiger partial charge on any atom is 0.223 e. The van der Waals surface area contributed by atoms with E-state index in [1.807, 2.05) is 13.8 Å². The Morgan fingerprint density at radius 2 is 2.05 bits per heavy atom. The molecule has 0 aromatic carbocycles. The van der Waals surface area contributed by atoms with Gasteiger partial charge in [-0.15, -0.1) is 11.3 Å². The molecule has 0 N–H and O–H groups in total. The third-order valence-electron chi connectivity index (χ3n) is 2.89. The zero-order chi connectivity index (χ0) is 14.7. The van der Waals surface area contributed by atoms with Gasteiger partial charge in [0.25, 0.3) is 0 Å². The van der Waals surface area contributed by atoms with Crippen molar-refractivity contribution in [3.05, 3.63) is 45.5 Å². The number of Topliss-reactive ketones (excluding diaryl/α,β-unsaturated/α-hetero) is 2. The number of hydrogen-bond acceptors (Lipinski definition) is 5. The topological polar surface area (TPSA) is 71.1 Å². The van der Waals surface area contributed by atoms with Crippen molar-refractivity contribution >= 4 is 22.9 Å². The van der Waals surface area contributed by atoms with Crippen molar-refractivity contribution < 1.29 is 14.0 Å². The van der Waals surface area contributed by atoms with Gasteiger partial charge in [0.1, 0.15) is 5.76 Å². The first-order valence-electron chi connectivity index (χ1n) is 6.20. The fourth-order valence-corrected chi connectivity index (χ4v) is 2.63. The molecule has 20 heavy (non-hydrogen) atoms. The number of furan rings is 1. The van der Waals surface area contributed by atoms with Gasteiger partial charge in [0.15, 0.2) is 17.5 Å². The minimum absolute atomic E-state index is 0.0648. The lowest BCUT2D eigenvalue weighted by molar-refractivity contribution is 0.0830. The van der Waals surface area contributed by atoms with Crippen molar-refractivity contribution in [2.45, 2.75) is 20.3 Å². The first-order valence-corrected chi connectivity index (χ1v) is 7.01. The Hall–Kier alpha value is -2.19. The molecule has 4 nitrogen and oxygen atoms in total. The molecule has 0 fully saturated rings. The summed E-state index contributed by atoms with van der Waals surface area (Å²) >= 11 is 1.28. The number of carbonyl (C=O) groups excluding carboxylic acids is 2. The molecule has 2 rings (SSSR count). The number of hydrogen-bond donors (Lipinski definition) is 0. The van der Waals surface area contributed by atoms with E-state index in [0.29, 0.717) is 17.1 Å². The first kappa shape index (κ1) is 14.2. The lowest BCUT2D eigenvalue weighted by atomic mass is 9.98.